The van der Waals surface area contributed by atoms with E-state index >= 15 is 0 Å². The summed E-state index contributed by atoms with van der Waals surface area (Å²) in [6, 6.07) is 8.38. The second kappa shape index (κ2) is 5.54. The first-order chi connectivity index (χ1) is 10.5. The summed E-state index contributed by atoms with van der Waals surface area (Å²) in [5.41, 5.74) is 3.53. The summed E-state index contributed by atoms with van der Waals surface area (Å²) in [5.74, 6) is 1.24. The molecule has 2 aromatic rings. The first kappa shape index (κ1) is 15.3. The number of hydrogen-bond acceptors (Lipinski definition) is 3. The highest BCUT2D eigenvalue weighted by molar-refractivity contribution is 6.19. The molecule has 22 heavy (non-hydrogen) atoms. The molecule has 1 aliphatic heterocycles. The molecule has 1 aliphatic rings. The lowest BCUT2D eigenvalue weighted by atomic mass is 9.94. The van der Waals surface area contributed by atoms with E-state index in [0.29, 0.717) is 23.6 Å². The van der Waals surface area contributed by atoms with Crippen molar-refractivity contribution < 1.29 is 5.11 Å². The maximum absolute atomic E-state index is 10.5. The van der Waals surface area contributed by atoms with Crippen LogP contribution in [0.5, 0.6) is 5.75 Å². The van der Waals surface area contributed by atoms with Gasteiger partial charge in [-0.1, -0.05) is 12.1 Å². The number of hydrogen-bond donors (Lipinski definition) is 1. The van der Waals surface area contributed by atoms with Crippen LogP contribution in [0.4, 0.5) is 11.4 Å². The monoisotopic (exact) mass is 318 g/mol. The molecule has 0 saturated heterocycles. The molecule has 0 spiro atoms. The van der Waals surface area contributed by atoms with Gasteiger partial charge >= 0.3 is 0 Å². The van der Waals surface area contributed by atoms with Gasteiger partial charge in [-0.3, -0.25) is 0 Å². The molecule has 0 radical (unpaired) electrons. The highest BCUT2D eigenvalue weighted by Gasteiger charge is 2.33. The molecular formula is C18H23ClN2O. The Balaban J connectivity index is 2.39. The van der Waals surface area contributed by atoms with E-state index < -0.39 is 0 Å². The molecule has 4 heteroatoms. The van der Waals surface area contributed by atoms with E-state index in [4.69, 9.17) is 11.6 Å². The number of anilines is 2. The Labute approximate surface area is 137 Å². The molecule has 1 atom stereocenters. The normalized spacial score (nSPS) is 17.4. The van der Waals surface area contributed by atoms with Gasteiger partial charge in [0.25, 0.3) is 0 Å². The van der Waals surface area contributed by atoms with Gasteiger partial charge in [-0.15, -0.1) is 11.6 Å². The lowest BCUT2D eigenvalue weighted by molar-refractivity contribution is 0.481. The molecule has 2 aromatic carbocycles. The SMILES string of the molecule is CC(C)N1C[C@@H](CCl)c2c1cc(O)c1cccc(N(C)C)c21. The number of halogens is 1. The first-order valence-electron chi connectivity index (χ1n) is 7.74. The Morgan fingerprint density at radius 2 is 2.09 bits per heavy atom. The minimum absolute atomic E-state index is 0.295. The Kier molecular flexibility index (Phi) is 3.85. The van der Waals surface area contributed by atoms with Crippen LogP contribution in [0.25, 0.3) is 10.8 Å². The number of aromatic hydroxyl groups is 1. The van der Waals surface area contributed by atoms with Gasteiger partial charge in [0.1, 0.15) is 5.75 Å². The van der Waals surface area contributed by atoms with E-state index in [1.54, 1.807) is 0 Å². The number of phenolic OH excluding ortho intramolecular Hbond substituents is 1. The zero-order chi connectivity index (χ0) is 16.0. The number of fused-ring (bicyclic) bond motifs is 3. The number of benzene rings is 2. The molecule has 3 nitrogen and oxygen atoms in total. The van der Waals surface area contributed by atoms with E-state index in [9.17, 15) is 5.11 Å². The van der Waals surface area contributed by atoms with Gasteiger partial charge in [0.05, 0.1) is 0 Å². The summed E-state index contributed by atoms with van der Waals surface area (Å²) in [4.78, 5) is 4.44. The van der Waals surface area contributed by atoms with Crippen LogP contribution in [0.15, 0.2) is 24.3 Å². The second-order valence-corrected chi connectivity index (χ2v) is 6.83. The van der Waals surface area contributed by atoms with Gasteiger partial charge < -0.3 is 14.9 Å². The van der Waals surface area contributed by atoms with Crippen LogP contribution in [0.2, 0.25) is 0 Å². The molecule has 1 heterocycles. The first-order valence-corrected chi connectivity index (χ1v) is 8.27. The van der Waals surface area contributed by atoms with Crippen molar-refractivity contribution in [2.45, 2.75) is 25.8 Å². The van der Waals surface area contributed by atoms with E-state index in [2.05, 4.69) is 29.7 Å². The summed E-state index contributed by atoms with van der Waals surface area (Å²) in [7, 11) is 4.08. The highest BCUT2D eigenvalue weighted by atomic mass is 35.5. The fourth-order valence-electron chi connectivity index (χ4n) is 3.52. The zero-order valence-corrected chi connectivity index (χ0v) is 14.4. The molecule has 1 N–H and O–H groups in total. The maximum Gasteiger partial charge on any atom is 0.125 e. The van der Waals surface area contributed by atoms with Crippen LogP contribution in [0.3, 0.4) is 0 Å². The topological polar surface area (TPSA) is 26.7 Å². The lowest BCUT2D eigenvalue weighted by Gasteiger charge is -2.25. The van der Waals surface area contributed by atoms with Crippen molar-refractivity contribution in [3.63, 3.8) is 0 Å². The molecule has 0 aromatic heterocycles. The third kappa shape index (κ3) is 2.19. The van der Waals surface area contributed by atoms with Crippen LogP contribution in [-0.4, -0.2) is 37.7 Å². The molecule has 0 unspecified atom stereocenters. The van der Waals surface area contributed by atoms with Crippen molar-refractivity contribution in [3.8, 4) is 5.75 Å². The fourth-order valence-corrected chi connectivity index (χ4v) is 3.77. The van der Waals surface area contributed by atoms with Crippen LogP contribution in [0, 0.1) is 0 Å². The van der Waals surface area contributed by atoms with E-state index in [1.165, 1.54) is 5.56 Å². The van der Waals surface area contributed by atoms with Crippen LogP contribution >= 0.6 is 11.6 Å². The standard InChI is InChI=1S/C18H23ClN2O/c1-11(2)21-10-12(9-19)17-15(21)8-16(22)13-6-5-7-14(18(13)17)20(3)4/h5-8,11-12,22H,9-10H2,1-4H3/t12-/m1/s1. The van der Waals surface area contributed by atoms with Crippen molar-refractivity contribution in [3.05, 3.63) is 29.8 Å². The predicted octanol–water partition coefficient (Wildman–Crippen LogP) is 4.16. The molecular weight excluding hydrogens is 296 g/mol. The maximum atomic E-state index is 10.5. The lowest BCUT2D eigenvalue weighted by Crippen LogP contribution is -2.29. The smallest absolute Gasteiger partial charge is 0.125 e. The second-order valence-electron chi connectivity index (χ2n) is 6.52. The van der Waals surface area contributed by atoms with Crippen LogP contribution < -0.4 is 9.80 Å². The minimum atomic E-state index is 0.295. The Morgan fingerprint density at radius 1 is 1.36 bits per heavy atom. The van der Waals surface area contributed by atoms with Crippen molar-refractivity contribution in [1.82, 2.24) is 0 Å². The van der Waals surface area contributed by atoms with Crippen molar-refractivity contribution in [1.29, 1.82) is 0 Å². The van der Waals surface area contributed by atoms with Crippen LogP contribution in [-0.2, 0) is 0 Å². The molecule has 0 aliphatic carbocycles. The fraction of sp³-hybridized carbons (Fsp3) is 0.444. The molecule has 118 valence electrons. The Morgan fingerprint density at radius 3 is 2.68 bits per heavy atom. The summed E-state index contributed by atoms with van der Waals surface area (Å²) < 4.78 is 0. The number of rotatable bonds is 3. The minimum Gasteiger partial charge on any atom is -0.507 e. The van der Waals surface area contributed by atoms with Gasteiger partial charge in [0, 0.05) is 66.7 Å². The summed E-state index contributed by atoms with van der Waals surface area (Å²) in [6.07, 6.45) is 0. The number of nitrogens with zero attached hydrogens (tertiary/aromatic N) is 2. The summed E-state index contributed by atoms with van der Waals surface area (Å²) in [5, 5.41) is 12.6. The molecule has 0 bridgehead atoms. The van der Waals surface area contributed by atoms with Gasteiger partial charge in [-0.2, -0.15) is 0 Å². The Bertz CT molecular complexity index is 712. The average Bonchev–Trinajstić information content (AvgIpc) is 2.85. The van der Waals surface area contributed by atoms with E-state index in [-0.39, 0.29) is 0 Å². The van der Waals surface area contributed by atoms with Crippen molar-refractivity contribution in [2.75, 3.05) is 36.3 Å². The molecule has 0 fully saturated rings. The van der Waals surface area contributed by atoms with Crippen molar-refractivity contribution in [2.24, 2.45) is 0 Å². The molecule has 0 amide bonds. The third-order valence-electron chi connectivity index (χ3n) is 4.56. The number of phenols is 1. The van der Waals surface area contributed by atoms with E-state index in [0.717, 1.165) is 28.7 Å². The van der Waals surface area contributed by atoms with Gasteiger partial charge in [0.15, 0.2) is 0 Å². The predicted molar refractivity (Wildman–Crippen MR) is 95.9 cm³/mol. The summed E-state index contributed by atoms with van der Waals surface area (Å²) in [6.45, 7) is 5.27. The third-order valence-corrected chi connectivity index (χ3v) is 4.94. The molecule has 3 rings (SSSR count). The quantitative estimate of drug-likeness (QED) is 0.861. The highest BCUT2D eigenvalue weighted by Crippen LogP contribution is 2.48. The average molecular weight is 319 g/mol. The van der Waals surface area contributed by atoms with Gasteiger partial charge in [0.2, 0.25) is 0 Å². The van der Waals surface area contributed by atoms with E-state index in [1.807, 2.05) is 32.3 Å². The van der Waals surface area contributed by atoms with Gasteiger partial charge in [-0.25, -0.2) is 0 Å². The van der Waals surface area contributed by atoms with Gasteiger partial charge in [-0.05, 0) is 25.5 Å². The molecule has 0 saturated carbocycles. The largest absolute Gasteiger partial charge is 0.507 e. The van der Waals surface area contributed by atoms with Crippen LogP contribution in [0.1, 0.15) is 25.3 Å². The number of alkyl halides is 1. The van der Waals surface area contributed by atoms with Crippen molar-refractivity contribution >= 4 is 33.7 Å². The zero-order valence-electron chi connectivity index (χ0n) is 13.6. The Hall–Kier alpha value is -1.61. The summed E-state index contributed by atoms with van der Waals surface area (Å²) >= 11 is 6.27.